The van der Waals surface area contributed by atoms with Gasteiger partial charge in [-0.1, -0.05) is 12.1 Å². The molecule has 2 aromatic carbocycles. The van der Waals surface area contributed by atoms with E-state index in [0.717, 1.165) is 11.4 Å². The van der Waals surface area contributed by atoms with E-state index in [1.165, 1.54) is 0 Å². The topological polar surface area (TPSA) is 79.4 Å². The van der Waals surface area contributed by atoms with Gasteiger partial charge in [-0.2, -0.15) is 0 Å². The highest BCUT2D eigenvalue weighted by Gasteiger charge is 2.12. The van der Waals surface area contributed by atoms with Crippen molar-refractivity contribution in [2.24, 2.45) is 0 Å². The summed E-state index contributed by atoms with van der Waals surface area (Å²) >= 11 is 0. The number of amides is 1. The molecule has 0 aliphatic carbocycles. The largest absolute Gasteiger partial charge is 0.489 e. The molecule has 2 N–H and O–H groups in total. The van der Waals surface area contributed by atoms with Crippen LogP contribution in [0.5, 0.6) is 5.75 Å². The Morgan fingerprint density at radius 1 is 0.966 bits per heavy atom. The van der Waals surface area contributed by atoms with Crippen molar-refractivity contribution in [3.05, 3.63) is 66.4 Å². The normalized spacial score (nSPS) is 10.5. The van der Waals surface area contributed by atoms with Crippen molar-refractivity contribution in [2.75, 3.05) is 29.6 Å². The maximum atomic E-state index is 12.5. The fraction of sp³-hybridized carbons (Fsp3) is 0.227. The van der Waals surface area contributed by atoms with Gasteiger partial charge in [0.2, 0.25) is 0 Å². The average Bonchev–Trinajstić information content (AvgIpc) is 2.70. The molecular formula is C22H25N5O2. The summed E-state index contributed by atoms with van der Waals surface area (Å²) in [7, 11) is 3.98. The number of carbonyl (C=O) groups is 1. The molecule has 0 spiro atoms. The first-order valence-electron chi connectivity index (χ1n) is 9.37. The van der Waals surface area contributed by atoms with Crippen molar-refractivity contribution < 1.29 is 9.53 Å². The number of hydrogen-bond donors (Lipinski definition) is 2. The molecule has 1 heterocycles. The molecule has 7 nitrogen and oxygen atoms in total. The molecule has 0 bridgehead atoms. The third-order valence-corrected chi connectivity index (χ3v) is 4.05. The Morgan fingerprint density at radius 3 is 2.31 bits per heavy atom. The first kappa shape index (κ1) is 20.1. The van der Waals surface area contributed by atoms with Gasteiger partial charge in [-0.25, -0.2) is 0 Å². The van der Waals surface area contributed by atoms with Gasteiger partial charge in [0.1, 0.15) is 5.75 Å². The predicted molar refractivity (Wildman–Crippen MR) is 116 cm³/mol. The van der Waals surface area contributed by atoms with Gasteiger partial charge in [0.15, 0.2) is 11.5 Å². The summed E-state index contributed by atoms with van der Waals surface area (Å²) in [6.45, 7) is 3.87. The molecule has 1 amide bonds. The van der Waals surface area contributed by atoms with Gasteiger partial charge in [0.25, 0.3) is 5.91 Å². The minimum Gasteiger partial charge on any atom is -0.489 e. The number of nitrogens with one attached hydrogen (secondary N) is 2. The van der Waals surface area contributed by atoms with Crippen LogP contribution in [0.2, 0.25) is 0 Å². The van der Waals surface area contributed by atoms with E-state index in [4.69, 9.17) is 4.74 Å². The summed E-state index contributed by atoms with van der Waals surface area (Å²) in [4.78, 5) is 14.6. The van der Waals surface area contributed by atoms with Gasteiger partial charge in [-0.3, -0.25) is 4.79 Å². The third-order valence-electron chi connectivity index (χ3n) is 4.05. The number of nitrogens with zero attached hydrogens (tertiary/aromatic N) is 3. The Kier molecular flexibility index (Phi) is 6.29. The van der Waals surface area contributed by atoms with E-state index in [2.05, 4.69) is 20.8 Å². The molecule has 3 rings (SSSR count). The van der Waals surface area contributed by atoms with Crippen LogP contribution in [0.15, 0.2) is 60.7 Å². The smallest absolute Gasteiger partial charge is 0.276 e. The molecule has 0 aliphatic rings. The van der Waals surface area contributed by atoms with Crippen molar-refractivity contribution in [1.82, 2.24) is 10.2 Å². The number of carbonyl (C=O) groups excluding carboxylic acids is 1. The first-order valence-corrected chi connectivity index (χ1v) is 9.37. The highest BCUT2D eigenvalue weighted by atomic mass is 16.5. The van der Waals surface area contributed by atoms with E-state index >= 15 is 0 Å². The highest BCUT2D eigenvalue weighted by Crippen LogP contribution is 2.25. The van der Waals surface area contributed by atoms with Crippen LogP contribution in [0.3, 0.4) is 0 Å². The minimum absolute atomic E-state index is 0.00462. The zero-order valence-electron chi connectivity index (χ0n) is 17.0. The van der Waals surface area contributed by atoms with E-state index in [0.29, 0.717) is 17.3 Å². The maximum Gasteiger partial charge on any atom is 0.276 e. The summed E-state index contributed by atoms with van der Waals surface area (Å²) in [5.74, 6) is 0.824. The lowest BCUT2D eigenvalue weighted by atomic mass is 10.2. The van der Waals surface area contributed by atoms with Crippen LogP contribution in [0.4, 0.5) is 22.9 Å². The van der Waals surface area contributed by atoms with Crippen LogP contribution in [0.25, 0.3) is 0 Å². The van der Waals surface area contributed by atoms with E-state index in [-0.39, 0.29) is 17.7 Å². The second-order valence-corrected chi connectivity index (χ2v) is 6.99. The summed E-state index contributed by atoms with van der Waals surface area (Å²) in [5.41, 5.74) is 2.81. The molecule has 0 unspecified atom stereocenters. The van der Waals surface area contributed by atoms with Crippen LogP contribution < -0.4 is 20.3 Å². The predicted octanol–water partition coefficient (Wildman–Crippen LogP) is 4.33. The van der Waals surface area contributed by atoms with E-state index in [1.807, 2.05) is 75.3 Å². The molecule has 0 radical (unpaired) electrons. The molecule has 0 fully saturated rings. The summed E-state index contributed by atoms with van der Waals surface area (Å²) < 4.78 is 5.73. The number of rotatable bonds is 7. The summed E-state index contributed by atoms with van der Waals surface area (Å²) in [5, 5.41) is 14.1. The van der Waals surface area contributed by atoms with Crippen molar-refractivity contribution in [3.63, 3.8) is 0 Å². The average molecular weight is 391 g/mol. The molecular weight excluding hydrogens is 366 g/mol. The van der Waals surface area contributed by atoms with Crippen molar-refractivity contribution >= 4 is 28.8 Å². The van der Waals surface area contributed by atoms with Crippen LogP contribution in [0.1, 0.15) is 24.3 Å². The van der Waals surface area contributed by atoms with Crippen molar-refractivity contribution in [2.45, 2.75) is 20.0 Å². The zero-order valence-corrected chi connectivity index (χ0v) is 17.0. The van der Waals surface area contributed by atoms with Gasteiger partial charge >= 0.3 is 0 Å². The Labute approximate surface area is 170 Å². The van der Waals surface area contributed by atoms with Gasteiger partial charge < -0.3 is 20.3 Å². The molecule has 150 valence electrons. The standard InChI is InChI=1S/C22H25N5O2/c1-15(2)29-20-8-6-5-7-18(20)24-22(28)19-13-14-21(26-25-19)23-16-9-11-17(12-10-16)27(3)4/h5-15H,1-4H3,(H,23,26)(H,24,28). The highest BCUT2D eigenvalue weighted by molar-refractivity contribution is 6.03. The molecule has 3 aromatic rings. The van der Waals surface area contributed by atoms with Gasteiger partial charge in [-0.15, -0.1) is 10.2 Å². The van der Waals surface area contributed by atoms with Crippen LogP contribution >= 0.6 is 0 Å². The van der Waals surface area contributed by atoms with E-state index in [9.17, 15) is 4.79 Å². The Morgan fingerprint density at radius 2 is 1.69 bits per heavy atom. The number of aromatic nitrogens is 2. The lowest BCUT2D eigenvalue weighted by molar-refractivity contribution is 0.102. The monoisotopic (exact) mass is 391 g/mol. The van der Waals surface area contributed by atoms with Gasteiger partial charge in [0.05, 0.1) is 11.8 Å². The van der Waals surface area contributed by atoms with Crippen LogP contribution in [-0.4, -0.2) is 36.3 Å². The number of ether oxygens (including phenoxy) is 1. The second-order valence-electron chi connectivity index (χ2n) is 6.99. The molecule has 0 saturated carbocycles. The van der Waals surface area contributed by atoms with E-state index < -0.39 is 0 Å². The second kappa shape index (κ2) is 9.05. The fourth-order valence-electron chi connectivity index (χ4n) is 2.62. The Bertz CT molecular complexity index is 954. The maximum absolute atomic E-state index is 12.5. The molecule has 29 heavy (non-hydrogen) atoms. The number of hydrogen-bond acceptors (Lipinski definition) is 6. The molecule has 0 saturated heterocycles. The van der Waals surface area contributed by atoms with Gasteiger partial charge in [0, 0.05) is 25.5 Å². The molecule has 7 heteroatoms. The Hall–Kier alpha value is -3.61. The lowest BCUT2D eigenvalue weighted by Crippen LogP contribution is -2.16. The van der Waals surface area contributed by atoms with Crippen LogP contribution in [0, 0.1) is 0 Å². The molecule has 1 aromatic heterocycles. The summed E-state index contributed by atoms with van der Waals surface area (Å²) in [6, 6.07) is 18.6. The van der Waals surface area contributed by atoms with Crippen molar-refractivity contribution in [1.29, 1.82) is 0 Å². The lowest BCUT2D eigenvalue weighted by Gasteiger charge is -2.14. The van der Waals surface area contributed by atoms with Gasteiger partial charge in [-0.05, 0) is 62.4 Å². The quantitative estimate of drug-likeness (QED) is 0.624. The first-order chi connectivity index (χ1) is 13.9. The summed E-state index contributed by atoms with van der Waals surface area (Å²) in [6.07, 6.45) is 0.00462. The molecule has 0 atom stereocenters. The Balaban J connectivity index is 1.66. The van der Waals surface area contributed by atoms with E-state index in [1.54, 1.807) is 18.2 Å². The zero-order chi connectivity index (χ0) is 20.8. The molecule has 0 aliphatic heterocycles. The third kappa shape index (κ3) is 5.44. The fourth-order valence-corrected chi connectivity index (χ4v) is 2.62. The number of benzene rings is 2. The number of para-hydroxylation sites is 2. The SMILES string of the molecule is CC(C)Oc1ccccc1NC(=O)c1ccc(Nc2ccc(N(C)C)cc2)nn1. The van der Waals surface area contributed by atoms with Crippen LogP contribution in [-0.2, 0) is 0 Å². The van der Waals surface area contributed by atoms with Crippen molar-refractivity contribution in [3.8, 4) is 5.75 Å². The number of anilines is 4. The minimum atomic E-state index is -0.348.